The van der Waals surface area contributed by atoms with Gasteiger partial charge in [0.1, 0.15) is 10.5 Å². The minimum atomic E-state index is -3.96. The zero-order valence-corrected chi connectivity index (χ0v) is 11.3. The second kappa shape index (κ2) is 4.61. The Morgan fingerprint density at radius 1 is 1.14 bits per heavy atom. The fraction of sp³-hybridized carbons (Fsp3) is 0. The first-order valence-electron chi connectivity index (χ1n) is 5.82. The van der Waals surface area contributed by atoms with Gasteiger partial charge in [-0.15, -0.1) is 0 Å². The molecule has 0 amide bonds. The van der Waals surface area contributed by atoms with Gasteiger partial charge in [0.25, 0.3) is 0 Å². The number of rotatable bonds is 2. The normalized spacial score (nSPS) is 12.0. The number of hydrogen-bond donors (Lipinski definition) is 1. The van der Waals surface area contributed by atoms with Crippen LogP contribution < -0.4 is 5.14 Å². The standard InChI is InChI=1S/C13H9F2N3O2S/c14-10-4-3-8(6-11(10)15)18-7-12(21(16,19)20)9-2-1-5-17-13(9)18/h1-7H,(H2,16,19,20). The summed E-state index contributed by atoms with van der Waals surface area (Å²) < 4.78 is 50.9. The highest BCUT2D eigenvalue weighted by Gasteiger charge is 2.19. The molecule has 0 aliphatic heterocycles. The highest BCUT2D eigenvalue weighted by molar-refractivity contribution is 7.89. The van der Waals surface area contributed by atoms with E-state index in [-0.39, 0.29) is 16.2 Å². The lowest BCUT2D eigenvalue weighted by Gasteiger charge is -2.04. The Labute approximate surface area is 118 Å². The maximum absolute atomic E-state index is 13.4. The van der Waals surface area contributed by atoms with Crippen molar-refractivity contribution in [1.29, 1.82) is 0 Å². The number of aromatic nitrogens is 2. The summed E-state index contributed by atoms with van der Waals surface area (Å²) in [5, 5.41) is 5.48. The van der Waals surface area contributed by atoms with Gasteiger partial charge in [0.2, 0.25) is 10.0 Å². The highest BCUT2D eigenvalue weighted by Crippen LogP contribution is 2.26. The largest absolute Gasteiger partial charge is 0.300 e. The molecule has 3 rings (SSSR count). The van der Waals surface area contributed by atoms with E-state index in [2.05, 4.69) is 4.98 Å². The molecule has 0 saturated carbocycles. The van der Waals surface area contributed by atoms with E-state index >= 15 is 0 Å². The van der Waals surface area contributed by atoms with Gasteiger partial charge in [0.05, 0.1) is 5.69 Å². The number of hydrogen-bond acceptors (Lipinski definition) is 3. The van der Waals surface area contributed by atoms with Gasteiger partial charge < -0.3 is 0 Å². The third-order valence-electron chi connectivity index (χ3n) is 3.01. The summed E-state index contributed by atoms with van der Waals surface area (Å²) in [7, 11) is -3.96. The van der Waals surface area contributed by atoms with Crippen LogP contribution >= 0.6 is 0 Å². The molecular formula is C13H9F2N3O2S. The number of primary sulfonamides is 1. The van der Waals surface area contributed by atoms with Crippen LogP contribution in [0.1, 0.15) is 0 Å². The molecule has 0 atom stereocenters. The Morgan fingerprint density at radius 3 is 2.57 bits per heavy atom. The Hall–Kier alpha value is -2.32. The van der Waals surface area contributed by atoms with Crippen molar-refractivity contribution in [3.63, 3.8) is 0 Å². The Kier molecular flexibility index (Phi) is 2.99. The molecule has 0 bridgehead atoms. The lowest BCUT2D eigenvalue weighted by atomic mass is 10.3. The molecule has 2 heterocycles. The van der Waals surface area contributed by atoms with E-state index in [9.17, 15) is 17.2 Å². The van der Waals surface area contributed by atoms with Gasteiger partial charge in [-0.25, -0.2) is 27.3 Å². The first-order valence-corrected chi connectivity index (χ1v) is 7.37. The molecule has 0 aliphatic carbocycles. The smallest absolute Gasteiger partial charge is 0.240 e. The van der Waals surface area contributed by atoms with Gasteiger partial charge in [-0.2, -0.15) is 0 Å². The van der Waals surface area contributed by atoms with E-state index in [0.717, 1.165) is 12.1 Å². The second-order valence-corrected chi connectivity index (χ2v) is 5.91. The zero-order valence-electron chi connectivity index (χ0n) is 10.5. The third-order valence-corrected chi connectivity index (χ3v) is 3.95. The van der Waals surface area contributed by atoms with Crippen molar-refractivity contribution < 1.29 is 17.2 Å². The minimum Gasteiger partial charge on any atom is -0.300 e. The lowest BCUT2D eigenvalue weighted by molar-refractivity contribution is 0.508. The lowest BCUT2D eigenvalue weighted by Crippen LogP contribution is -2.11. The van der Waals surface area contributed by atoms with Crippen LogP contribution in [0.4, 0.5) is 8.78 Å². The average Bonchev–Trinajstić information content (AvgIpc) is 2.81. The minimum absolute atomic E-state index is 0.129. The number of fused-ring (bicyclic) bond motifs is 1. The number of nitrogens with zero attached hydrogens (tertiary/aromatic N) is 2. The summed E-state index contributed by atoms with van der Waals surface area (Å²) in [5.41, 5.74) is 0.528. The fourth-order valence-corrected chi connectivity index (χ4v) is 2.81. The summed E-state index contributed by atoms with van der Waals surface area (Å²) in [6, 6.07) is 6.33. The van der Waals surface area contributed by atoms with Gasteiger partial charge >= 0.3 is 0 Å². The molecule has 1 aromatic carbocycles. The van der Waals surface area contributed by atoms with E-state index in [1.54, 1.807) is 12.1 Å². The van der Waals surface area contributed by atoms with Crippen LogP contribution in [0.3, 0.4) is 0 Å². The van der Waals surface area contributed by atoms with Crippen LogP contribution in [-0.4, -0.2) is 18.0 Å². The summed E-state index contributed by atoms with van der Waals surface area (Å²) in [6.07, 6.45) is 2.70. The summed E-state index contributed by atoms with van der Waals surface area (Å²) in [5.74, 6) is -2.03. The van der Waals surface area contributed by atoms with E-state index in [1.807, 2.05) is 0 Å². The maximum Gasteiger partial charge on any atom is 0.240 e. The summed E-state index contributed by atoms with van der Waals surface area (Å²) in [6.45, 7) is 0. The SMILES string of the molecule is NS(=O)(=O)c1cn(-c2ccc(F)c(F)c2)c2ncccc12. The van der Waals surface area contributed by atoms with Crippen LogP contribution in [0, 0.1) is 11.6 Å². The van der Waals surface area contributed by atoms with Gasteiger partial charge in [0, 0.05) is 23.8 Å². The average molecular weight is 309 g/mol. The van der Waals surface area contributed by atoms with E-state index in [1.165, 1.54) is 23.0 Å². The molecule has 0 aliphatic rings. The van der Waals surface area contributed by atoms with Crippen molar-refractivity contribution in [2.75, 3.05) is 0 Å². The predicted octanol–water partition coefficient (Wildman–Crippen LogP) is 1.95. The molecule has 0 fully saturated rings. The molecule has 2 aromatic heterocycles. The Bertz CT molecular complexity index is 951. The molecule has 21 heavy (non-hydrogen) atoms. The Balaban J connectivity index is 2.35. The number of sulfonamides is 1. The predicted molar refractivity (Wildman–Crippen MR) is 72.4 cm³/mol. The van der Waals surface area contributed by atoms with Crippen molar-refractivity contribution >= 4 is 21.1 Å². The second-order valence-electron chi connectivity index (χ2n) is 4.38. The number of benzene rings is 1. The number of pyridine rings is 1. The van der Waals surface area contributed by atoms with Crippen LogP contribution in [0.5, 0.6) is 0 Å². The molecule has 2 N–H and O–H groups in total. The number of halogens is 2. The van der Waals surface area contributed by atoms with E-state index in [4.69, 9.17) is 5.14 Å². The molecular weight excluding hydrogens is 300 g/mol. The monoisotopic (exact) mass is 309 g/mol. The van der Waals surface area contributed by atoms with Gasteiger partial charge in [-0.1, -0.05) is 0 Å². The van der Waals surface area contributed by atoms with Gasteiger partial charge in [-0.3, -0.25) is 4.57 Å². The number of nitrogens with two attached hydrogens (primary N) is 1. The molecule has 3 aromatic rings. The van der Waals surface area contributed by atoms with Crippen LogP contribution in [0.2, 0.25) is 0 Å². The summed E-state index contributed by atoms with van der Waals surface area (Å²) in [4.78, 5) is 3.94. The zero-order chi connectivity index (χ0) is 15.2. The van der Waals surface area contributed by atoms with Crippen molar-refractivity contribution in [3.8, 4) is 5.69 Å². The highest BCUT2D eigenvalue weighted by atomic mass is 32.2. The van der Waals surface area contributed by atoms with Crippen LogP contribution in [0.15, 0.2) is 47.6 Å². The fourth-order valence-electron chi connectivity index (χ4n) is 2.09. The van der Waals surface area contributed by atoms with E-state index in [0.29, 0.717) is 5.39 Å². The van der Waals surface area contributed by atoms with Crippen LogP contribution in [0.25, 0.3) is 16.7 Å². The Morgan fingerprint density at radius 2 is 1.90 bits per heavy atom. The topological polar surface area (TPSA) is 78.0 Å². The molecule has 0 saturated heterocycles. The quantitative estimate of drug-likeness (QED) is 0.786. The van der Waals surface area contributed by atoms with Crippen molar-refractivity contribution in [3.05, 3.63) is 54.4 Å². The molecule has 0 unspecified atom stereocenters. The molecule has 5 nitrogen and oxygen atoms in total. The molecule has 0 radical (unpaired) electrons. The maximum atomic E-state index is 13.4. The molecule has 0 spiro atoms. The van der Waals surface area contributed by atoms with E-state index < -0.39 is 21.7 Å². The van der Waals surface area contributed by atoms with Gasteiger partial charge in [-0.05, 0) is 24.3 Å². The first kappa shape index (κ1) is 13.7. The van der Waals surface area contributed by atoms with Gasteiger partial charge in [0.15, 0.2) is 11.6 Å². The van der Waals surface area contributed by atoms with Crippen molar-refractivity contribution in [2.45, 2.75) is 4.90 Å². The molecule has 8 heteroatoms. The van der Waals surface area contributed by atoms with Crippen molar-refractivity contribution in [2.24, 2.45) is 5.14 Å². The summed E-state index contributed by atoms with van der Waals surface area (Å²) >= 11 is 0. The third kappa shape index (κ3) is 2.28. The molecule has 108 valence electrons. The van der Waals surface area contributed by atoms with Crippen molar-refractivity contribution in [1.82, 2.24) is 9.55 Å². The first-order chi connectivity index (χ1) is 9.88. The van der Waals surface area contributed by atoms with Crippen LogP contribution in [-0.2, 0) is 10.0 Å².